The minimum absolute atomic E-state index is 0.198. The first-order valence-electron chi connectivity index (χ1n) is 10.4. The smallest absolute Gasteiger partial charge is 0.336 e. The van der Waals surface area contributed by atoms with Crippen LogP contribution in [0.4, 0.5) is 0 Å². The van der Waals surface area contributed by atoms with E-state index in [0.29, 0.717) is 23.3 Å². The lowest BCUT2D eigenvalue weighted by Gasteiger charge is -2.38. The van der Waals surface area contributed by atoms with E-state index < -0.39 is 23.8 Å². The van der Waals surface area contributed by atoms with Crippen molar-refractivity contribution >= 4 is 17.7 Å². The number of aryl methyl sites for hydroxylation is 1. The van der Waals surface area contributed by atoms with Gasteiger partial charge in [0.2, 0.25) is 0 Å². The second-order valence-electron chi connectivity index (χ2n) is 7.85. The zero-order valence-corrected chi connectivity index (χ0v) is 18.2. The van der Waals surface area contributed by atoms with E-state index in [2.05, 4.69) is 12.2 Å². The highest BCUT2D eigenvalue weighted by Crippen LogP contribution is 2.45. The molecule has 0 radical (unpaired) electrons. The van der Waals surface area contributed by atoms with E-state index in [-0.39, 0.29) is 18.3 Å². The lowest BCUT2D eigenvalue weighted by molar-refractivity contribution is -0.151. The van der Waals surface area contributed by atoms with Crippen LogP contribution in [0.25, 0.3) is 0 Å². The number of nitrogens with one attached hydrogen (secondary N) is 1. The minimum atomic E-state index is -0.880. The standard InChI is InChI=1S/C24H29NO5/c1-6-15-8-10-16(11-9-15)20-19(24(28)30-7-2)14(4)25-17-12-13(3)18(23(27)29-5)22(26)21(17)20/h8-11,13,18,20,25H,6-7,12H2,1-5H3/t13-,18+,20-/m0/s1. The molecule has 6 nitrogen and oxygen atoms in total. The molecule has 0 saturated carbocycles. The van der Waals surface area contributed by atoms with Gasteiger partial charge in [0.15, 0.2) is 5.78 Å². The Bertz CT molecular complexity index is 925. The molecule has 0 amide bonds. The summed E-state index contributed by atoms with van der Waals surface area (Å²) in [5.74, 6) is -2.95. The average Bonchev–Trinajstić information content (AvgIpc) is 2.72. The number of hydrogen-bond donors (Lipinski definition) is 1. The fraction of sp³-hybridized carbons (Fsp3) is 0.458. The van der Waals surface area contributed by atoms with Crippen LogP contribution in [0.5, 0.6) is 0 Å². The Labute approximate surface area is 177 Å². The SMILES string of the molecule is CCOC(=O)C1=C(C)NC2=C(C(=O)[C@H](C(=O)OC)[C@@H](C)C2)[C@H]1c1ccc(CC)cc1. The summed E-state index contributed by atoms with van der Waals surface area (Å²) in [5, 5.41) is 3.25. The van der Waals surface area contributed by atoms with Gasteiger partial charge in [0.25, 0.3) is 0 Å². The van der Waals surface area contributed by atoms with E-state index in [1.54, 1.807) is 6.92 Å². The fourth-order valence-corrected chi connectivity index (χ4v) is 4.44. The largest absolute Gasteiger partial charge is 0.468 e. The number of allylic oxidation sites excluding steroid dienone is 3. The second-order valence-corrected chi connectivity index (χ2v) is 7.85. The summed E-state index contributed by atoms with van der Waals surface area (Å²) in [6, 6.07) is 7.90. The first-order valence-corrected chi connectivity index (χ1v) is 10.4. The molecule has 0 unspecified atom stereocenters. The van der Waals surface area contributed by atoms with E-state index in [1.165, 1.54) is 7.11 Å². The van der Waals surface area contributed by atoms with Crippen molar-refractivity contribution in [2.24, 2.45) is 11.8 Å². The summed E-state index contributed by atoms with van der Waals surface area (Å²) in [6.07, 6.45) is 1.42. The molecule has 1 aromatic rings. The van der Waals surface area contributed by atoms with Crippen molar-refractivity contribution in [3.8, 4) is 0 Å². The van der Waals surface area contributed by atoms with Gasteiger partial charge in [-0.05, 0) is 43.7 Å². The van der Waals surface area contributed by atoms with Gasteiger partial charge in [-0.25, -0.2) is 4.79 Å². The number of benzene rings is 1. The molecule has 1 aliphatic carbocycles. The molecule has 3 atom stereocenters. The molecule has 0 fully saturated rings. The summed E-state index contributed by atoms with van der Waals surface area (Å²) in [4.78, 5) is 38.8. The Balaban J connectivity index is 2.17. The molecule has 1 aliphatic heterocycles. The molecule has 1 N–H and O–H groups in total. The third-order valence-corrected chi connectivity index (χ3v) is 5.96. The van der Waals surface area contributed by atoms with Gasteiger partial charge in [-0.1, -0.05) is 38.1 Å². The highest BCUT2D eigenvalue weighted by molar-refractivity contribution is 6.12. The van der Waals surface area contributed by atoms with Gasteiger partial charge in [0, 0.05) is 22.9 Å². The molecule has 0 aromatic heterocycles. The van der Waals surface area contributed by atoms with Crippen molar-refractivity contribution in [1.82, 2.24) is 5.32 Å². The number of hydrogen-bond acceptors (Lipinski definition) is 6. The Morgan fingerprint density at radius 2 is 1.83 bits per heavy atom. The molecule has 1 heterocycles. The van der Waals surface area contributed by atoms with Crippen molar-refractivity contribution < 1.29 is 23.9 Å². The molecular formula is C24H29NO5. The van der Waals surface area contributed by atoms with Crippen LogP contribution in [0.2, 0.25) is 0 Å². The van der Waals surface area contributed by atoms with Crippen molar-refractivity contribution in [3.63, 3.8) is 0 Å². The predicted octanol–water partition coefficient (Wildman–Crippen LogP) is 3.43. The van der Waals surface area contributed by atoms with Crippen LogP contribution in [0, 0.1) is 11.8 Å². The maximum atomic E-state index is 13.5. The number of ether oxygens (including phenoxy) is 2. The zero-order valence-electron chi connectivity index (χ0n) is 18.2. The number of dihydropyridines is 1. The van der Waals surface area contributed by atoms with Crippen LogP contribution >= 0.6 is 0 Å². The van der Waals surface area contributed by atoms with E-state index in [4.69, 9.17) is 9.47 Å². The molecule has 6 heteroatoms. The highest BCUT2D eigenvalue weighted by atomic mass is 16.5. The van der Waals surface area contributed by atoms with Crippen LogP contribution in [0.1, 0.15) is 51.2 Å². The molecular weight excluding hydrogens is 382 g/mol. The summed E-state index contributed by atoms with van der Waals surface area (Å²) >= 11 is 0. The molecule has 30 heavy (non-hydrogen) atoms. The van der Waals surface area contributed by atoms with Gasteiger partial charge in [0.1, 0.15) is 5.92 Å². The van der Waals surface area contributed by atoms with Crippen LogP contribution in [0.3, 0.4) is 0 Å². The maximum absolute atomic E-state index is 13.5. The molecule has 1 aromatic carbocycles. The second kappa shape index (κ2) is 8.86. The first-order chi connectivity index (χ1) is 14.3. The molecule has 0 saturated heterocycles. The summed E-state index contributed by atoms with van der Waals surface area (Å²) in [5.41, 5.74) is 4.30. The number of Topliss-reactive ketones (excluding diaryl/α,β-unsaturated/α-hetero) is 1. The molecule has 0 spiro atoms. The lowest BCUT2D eigenvalue weighted by Crippen LogP contribution is -2.43. The van der Waals surface area contributed by atoms with E-state index in [9.17, 15) is 14.4 Å². The molecule has 160 valence electrons. The Morgan fingerprint density at radius 1 is 1.17 bits per heavy atom. The Kier molecular flexibility index (Phi) is 6.44. The van der Waals surface area contributed by atoms with Crippen LogP contribution in [-0.2, 0) is 30.3 Å². The number of rotatable bonds is 5. The monoisotopic (exact) mass is 411 g/mol. The van der Waals surface area contributed by atoms with Gasteiger partial charge in [-0.2, -0.15) is 0 Å². The average molecular weight is 411 g/mol. The van der Waals surface area contributed by atoms with E-state index in [1.807, 2.05) is 38.1 Å². The van der Waals surface area contributed by atoms with Gasteiger partial charge in [-0.15, -0.1) is 0 Å². The van der Waals surface area contributed by atoms with Gasteiger partial charge in [0.05, 0.1) is 19.3 Å². The van der Waals surface area contributed by atoms with Crippen molar-refractivity contribution in [2.75, 3.05) is 13.7 Å². The Morgan fingerprint density at radius 3 is 2.40 bits per heavy atom. The van der Waals surface area contributed by atoms with Gasteiger partial charge < -0.3 is 14.8 Å². The molecule has 3 rings (SSSR count). The first kappa shape index (κ1) is 21.8. The van der Waals surface area contributed by atoms with Gasteiger partial charge >= 0.3 is 11.9 Å². The molecule has 0 bridgehead atoms. The van der Waals surface area contributed by atoms with E-state index in [0.717, 1.165) is 23.2 Å². The number of methoxy groups -OCH3 is 1. The summed E-state index contributed by atoms with van der Waals surface area (Å²) < 4.78 is 10.2. The van der Waals surface area contributed by atoms with Crippen LogP contribution in [0.15, 0.2) is 46.8 Å². The number of ketones is 1. The normalized spacial score (nSPS) is 23.6. The third-order valence-electron chi connectivity index (χ3n) is 5.96. The van der Waals surface area contributed by atoms with Crippen molar-refractivity contribution in [1.29, 1.82) is 0 Å². The lowest BCUT2D eigenvalue weighted by atomic mass is 9.69. The highest BCUT2D eigenvalue weighted by Gasteiger charge is 2.47. The fourth-order valence-electron chi connectivity index (χ4n) is 4.44. The van der Waals surface area contributed by atoms with E-state index >= 15 is 0 Å². The van der Waals surface area contributed by atoms with Crippen LogP contribution < -0.4 is 5.32 Å². The van der Waals surface area contributed by atoms with Crippen molar-refractivity contribution in [3.05, 3.63) is 57.9 Å². The number of carbonyl (C=O) groups excluding carboxylic acids is 3. The number of carbonyl (C=O) groups is 3. The Hall–Kier alpha value is -2.89. The summed E-state index contributed by atoms with van der Waals surface area (Å²) in [7, 11) is 1.29. The summed E-state index contributed by atoms with van der Waals surface area (Å²) in [6.45, 7) is 7.75. The van der Waals surface area contributed by atoms with Gasteiger partial charge in [-0.3, -0.25) is 9.59 Å². The predicted molar refractivity (Wildman–Crippen MR) is 112 cm³/mol. The minimum Gasteiger partial charge on any atom is -0.468 e. The number of esters is 2. The quantitative estimate of drug-likeness (QED) is 0.591. The third kappa shape index (κ3) is 3.78. The molecule has 2 aliphatic rings. The topological polar surface area (TPSA) is 81.7 Å². The maximum Gasteiger partial charge on any atom is 0.336 e. The van der Waals surface area contributed by atoms with Crippen LogP contribution in [-0.4, -0.2) is 31.4 Å². The zero-order chi connectivity index (χ0) is 22.0. The van der Waals surface area contributed by atoms with Crippen molar-refractivity contribution in [2.45, 2.75) is 46.5 Å².